The highest BCUT2D eigenvalue weighted by molar-refractivity contribution is 6.62. The number of carbonyl (C=O) groups is 2. The van der Waals surface area contributed by atoms with Crippen LogP contribution in [0.2, 0.25) is 0 Å². The molecule has 0 aliphatic carbocycles. The summed E-state index contributed by atoms with van der Waals surface area (Å²) < 4.78 is 44.4. The SMILES string of the molecule is COC(CN(C(=O)Cl)C(CC(=O)OC(C)(C)C)c1ccc(OC(F)F)nc1)OC. The van der Waals surface area contributed by atoms with Crippen LogP contribution in [0.3, 0.4) is 0 Å². The Bertz CT molecular complexity index is 665. The van der Waals surface area contributed by atoms with E-state index in [4.69, 9.17) is 25.8 Å². The van der Waals surface area contributed by atoms with Crippen LogP contribution in [-0.2, 0) is 19.0 Å². The van der Waals surface area contributed by atoms with Crippen LogP contribution < -0.4 is 4.74 Å². The lowest BCUT2D eigenvalue weighted by Gasteiger charge is -2.32. The van der Waals surface area contributed by atoms with E-state index in [2.05, 4.69) is 9.72 Å². The Labute approximate surface area is 173 Å². The summed E-state index contributed by atoms with van der Waals surface area (Å²) in [6.07, 6.45) is 0.147. The summed E-state index contributed by atoms with van der Waals surface area (Å²) in [5, 5.41) is -0.870. The number of pyridine rings is 1. The van der Waals surface area contributed by atoms with E-state index >= 15 is 0 Å². The molecule has 29 heavy (non-hydrogen) atoms. The summed E-state index contributed by atoms with van der Waals surface area (Å²) in [6, 6.07) is 1.70. The molecule has 0 N–H and O–H groups in total. The fourth-order valence-electron chi connectivity index (χ4n) is 2.43. The first kappa shape index (κ1) is 25.0. The van der Waals surface area contributed by atoms with Gasteiger partial charge in [0, 0.05) is 26.5 Å². The molecule has 0 aliphatic rings. The number of rotatable bonds is 10. The highest BCUT2D eigenvalue weighted by Gasteiger charge is 2.31. The summed E-state index contributed by atoms with van der Waals surface area (Å²) in [7, 11) is 2.76. The van der Waals surface area contributed by atoms with Gasteiger partial charge < -0.3 is 23.8 Å². The van der Waals surface area contributed by atoms with Crippen molar-refractivity contribution in [2.75, 3.05) is 20.8 Å². The van der Waals surface area contributed by atoms with E-state index in [1.807, 2.05) is 0 Å². The Kier molecular flexibility index (Phi) is 9.67. The number of methoxy groups -OCH3 is 2. The third-order valence-corrected chi connectivity index (χ3v) is 3.82. The second-order valence-electron chi connectivity index (χ2n) is 6.92. The maximum Gasteiger partial charge on any atom is 0.388 e. The van der Waals surface area contributed by atoms with Crippen molar-refractivity contribution in [1.82, 2.24) is 9.88 Å². The second kappa shape index (κ2) is 11.2. The lowest BCUT2D eigenvalue weighted by atomic mass is 10.0. The Morgan fingerprint density at radius 2 is 1.83 bits per heavy atom. The number of amides is 1. The second-order valence-corrected chi connectivity index (χ2v) is 7.24. The first-order valence-electron chi connectivity index (χ1n) is 8.61. The molecule has 8 nitrogen and oxygen atoms in total. The molecule has 1 amide bonds. The van der Waals surface area contributed by atoms with Gasteiger partial charge in [-0.05, 0) is 37.9 Å². The molecule has 0 bridgehead atoms. The first-order chi connectivity index (χ1) is 13.5. The molecular weight excluding hydrogens is 414 g/mol. The van der Waals surface area contributed by atoms with Crippen LogP contribution in [0.5, 0.6) is 5.88 Å². The van der Waals surface area contributed by atoms with Crippen LogP contribution in [0.4, 0.5) is 13.6 Å². The molecule has 1 rings (SSSR count). The molecule has 0 spiro atoms. The number of hydrogen-bond donors (Lipinski definition) is 0. The molecule has 164 valence electrons. The Morgan fingerprint density at radius 3 is 2.24 bits per heavy atom. The highest BCUT2D eigenvalue weighted by Crippen LogP contribution is 2.28. The monoisotopic (exact) mass is 438 g/mol. The number of hydrogen-bond acceptors (Lipinski definition) is 7. The molecule has 1 heterocycles. The maximum atomic E-state index is 12.4. The topological polar surface area (TPSA) is 87.2 Å². The number of halogens is 3. The predicted molar refractivity (Wildman–Crippen MR) is 99.8 cm³/mol. The summed E-state index contributed by atoms with van der Waals surface area (Å²) >= 11 is 5.74. The van der Waals surface area contributed by atoms with Crippen molar-refractivity contribution in [3.8, 4) is 5.88 Å². The maximum absolute atomic E-state index is 12.4. The zero-order valence-electron chi connectivity index (χ0n) is 16.9. The fraction of sp³-hybridized carbons (Fsp3) is 0.611. The van der Waals surface area contributed by atoms with Crippen molar-refractivity contribution >= 4 is 22.9 Å². The fourth-order valence-corrected chi connectivity index (χ4v) is 2.61. The number of alkyl halides is 2. The average molecular weight is 439 g/mol. The molecule has 0 saturated carbocycles. The lowest BCUT2D eigenvalue weighted by molar-refractivity contribution is -0.157. The van der Waals surface area contributed by atoms with Gasteiger partial charge >= 0.3 is 17.9 Å². The summed E-state index contributed by atoms with van der Waals surface area (Å²) in [5.41, 5.74) is -0.385. The number of nitrogens with zero attached hydrogens (tertiary/aromatic N) is 2. The van der Waals surface area contributed by atoms with Crippen molar-refractivity contribution in [3.63, 3.8) is 0 Å². The summed E-state index contributed by atoms with van der Waals surface area (Å²) in [4.78, 5) is 29.4. The molecule has 1 aromatic rings. The smallest absolute Gasteiger partial charge is 0.388 e. The number of ether oxygens (including phenoxy) is 4. The first-order valence-corrected chi connectivity index (χ1v) is 8.99. The van der Waals surface area contributed by atoms with Crippen LogP contribution in [0.1, 0.15) is 38.8 Å². The molecule has 0 saturated heterocycles. The van der Waals surface area contributed by atoms with E-state index in [1.54, 1.807) is 20.8 Å². The molecule has 1 unspecified atom stereocenters. The van der Waals surface area contributed by atoms with Gasteiger partial charge in [-0.1, -0.05) is 6.07 Å². The van der Waals surface area contributed by atoms with Crippen molar-refractivity contribution in [1.29, 1.82) is 0 Å². The average Bonchev–Trinajstić information content (AvgIpc) is 2.59. The quantitative estimate of drug-likeness (QED) is 0.238. The lowest BCUT2D eigenvalue weighted by Crippen LogP contribution is -2.40. The third kappa shape index (κ3) is 8.88. The molecule has 11 heteroatoms. The van der Waals surface area contributed by atoms with Crippen molar-refractivity contribution in [2.45, 2.75) is 51.7 Å². The van der Waals surface area contributed by atoms with Gasteiger partial charge in [0.2, 0.25) is 5.88 Å². The highest BCUT2D eigenvalue weighted by atomic mass is 35.5. The van der Waals surface area contributed by atoms with Crippen molar-refractivity contribution in [2.24, 2.45) is 0 Å². The minimum Gasteiger partial charge on any atom is -0.460 e. The van der Waals surface area contributed by atoms with Gasteiger partial charge in [0.15, 0.2) is 6.29 Å². The standard InChI is InChI=1S/C18H25ClF2N2O6/c1-18(2,3)29-14(24)8-12(23(16(19)25)10-15(26-4)27-5)11-6-7-13(22-9-11)28-17(20)21/h6-7,9,12,15,17H,8,10H2,1-5H3. The van der Waals surface area contributed by atoms with Crippen LogP contribution in [0.25, 0.3) is 0 Å². The number of aromatic nitrogens is 1. The molecule has 0 radical (unpaired) electrons. The minimum absolute atomic E-state index is 0.0991. The molecular formula is C18H25ClF2N2O6. The minimum atomic E-state index is -3.03. The van der Waals surface area contributed by atoms with E-state index in [-0.39, 0.29) is 18.8 Å². The van der Waals surface area contributed by atoms with E-state index in [0.717, 1.165) is 4.90 Å². The number of esters is 1. The van der Waals surface area contributed by atoms with Crippen LogP contribution in [0.15, 0.2) is 18.3 Å². The molecule has 0 fully saturated rings. The number of carbonyl (C=O) groups excluding carboxylic acids is 2. The van der Waals surface area contributed by atoms with E-state index in [0.29, 0.717) is 5.56 Å². The summed E-state index contributed by atoms with van der Waals surface area (Å²) in [6.45, 7) is 1.98. The van der Waals surface area contributed by atoms with Gasteiger partial charge in [0.25, 0.3) is 0 Å². The van der Waals surface area contributed by atoms with Gasteiger partial charge in [-0.3, -0.25) is 9.59 Å². The van der Waals surface area contributed by atoms with Gasteiger partial charge in [0.05, 0.1) is 19.0 Å². The van der Waals surface area contributed by atoms with Gasteiger partial charge in [0.1, 0.15) is 5.60 Å². The van der Waals surface area contributed by atoms with Crippen LogP contribution in [-0.4, -0.2) is 60.5 Å². The Morgan fingerprint density at radius 1 is 1.21 bits per heavy atom. The van der Waals surface area contributed by atoms with Crippen LogP contribution in [0, 0.1) is 0 Å². The predicted octanol–water partition coefficient (Wildman–Crippen LogP) is 3.74. The Balaban J connectivity index is 3.21. The zero-order chi connectivity index (χ0) is 22.2. The third-order valence-electron chi connectivity index (χ3n) is 3.61. The van der Waals surface area contributed by atoms with Gasteiger partial charge in [-0.2, -0.15) is 8.78 Å². The van der Waals surface area contributed by atoms with Crippen molar-refractivity contribution < 1.29 is 37.3 Å². The van der Waals surface area contributed by atoms with E-state index < -0.39 is 35.9 Å². The molecule has 0 aromatic carbocycles. The van der Waals surface area contributed by atoms with Crippen molar-refractivity contribution in [3.05, 3.63) is 23.9 Å². The zero-order valence-corrected chi connectivity index (χ0v) is 17.6. The molecule has 1 aromatic heterocycles. The molecule has 1 atom stereocenters. The Hall–Kier alpha value is -2.04. The van der Waals surface area contributed by atoms with Gasteiger partial charge in [-0.15, -0.1) is 0 Å². The molecule has 0 aliphatic heterocycles. The normalized spacial score (nSPS) is 12.8. The van der Waals surface area contributed by atoms with Gasteiger partial charge in [-0.25, -0.2) is 4.98 Å². The van der Waals surface area contributed by atoms with E-state index in [1.165, 1.54) is 32.5 Å². The summed E-state index contributed by atoms with van der Waals surface area (Å²) in [5.74, 6) is -0.903. The van der Waals surface area contributed by atoms with Crippen LogP contribution >= 0.6 is 11.6 Å². The largest absolute Gasteiger partial charge is 0.460 e. The van der Waals surface area contributed by atoms with E-state index in [9.17, 15) is 18.4 Å².